The van der Waals surface area contributed by atoms with Gasteiger partial charge >= 0.3 is 0 Å². The molecule has 19 heavy (non-hydrogen) atoms. The van der Waals surface area contributed by atoms with Crippen LogP contribution >= 0.6 is 11.3 Å². The number of thiophene rings is 1. The molecule has 4 heteroatoms. The lowest BCUT2D eigenvalue weighted by molar-refractivity contribution is -0.107. The van der Waals surface area contributed by atoms with Crippen molar-refractivity contribution < 1.29 is 13.6 Å². The second kappa shape index (κ2) is 4.70. The number of halogens is 2. The average Bonchev–Trinajstić information content (AvgIpc) is 2.79. The van der Waals surface area contributed by atoms with Gasteiger partial charge < -0.3 is 4.79 Å². The van der Waals surface area contributed by atoms with Crippen LogP contribution in [0.4, 0.5) is 8.78 Å². The van der Waals surface area contributed by atoms with E-state index in [0.717, 1.165) is 28.4 Å². The Morgan fingerprint density at radius 3 is 2.63 bits per heavy atom. The first-order chi connectivity index (χ1) is 9.22. The summed E-state index contributed by atoms with van der Waals surface area (Å²) in [6, 6.07) is 8.28. The average molecular weight is 276 g/mol. The third kappa shape index (κ3) is 1.92. The van der Waals surface area contributed by atoms with Crippen LogP contribution in [0.2, 0.25) is 0 Å². The van der Waals surface area contributed by atoms with Gasteiger partial charge in [0.05, 0.1) is 9.40 Å². The zero-order chi connectivity index (χ0) is 13.4. The van der Waals surface area contributed by atoms with E-state index in [1.54, 1.807) is 24.3 Å². The molecule has 0 radical (unpaired) electrons. The Hall–Kier alpha value is -1.81. The molecule has 0 aliphatic rings. The lowest BCUT2D eigenvalue weighted by Crippen LogP contribution is -1.91. The predicted octanol–water partition coefficient (Wildman–Crippen LogP) is 4.46. The quantitative estimate of drug-likeness (QED) is 0.645. The van der Waals surface area contributed by atoms with Crippen LogP contribution in [0.25, 0.3) is 20.2 Å². The minimum atomic E-state index is -0.333. The Kier molecular flexibility index (Phi) is 3.03. The van der Waals surface area contributed by atoms with Crippen molar-refractivity contribution in [2.24, 2.45) is 0 Å². The number of rotatable bonds is 3. The summed E-state index contributed by atoms with van der Waals surface area (Å²) in [7, 11) is 0. The van der Waals surface area contributed by atoms with Crippen molar-refractivity contribution in [3.63, 3.8) is 0 Å². The summed E-state index contributed by atoms with van der Waals surface area (Å²) in [5.74, 6) is -0.660. The lowest BCUT2D eigenvalue weighted by Gasteiger charge is -2.01. The number of carbonyl (C=O) groups is 1. The van der Waals surface area contributed by atoms with E-state index < -0.39 is 0 Å². The largest absolute Gasteiger partial charge is 0.303 e. The first-order valence-corrected chi connectivity index (χ1v) is 6.75. The maximum absolute atomic E-state index is 14.3. The lowest BCUT2D eigenvalue weighted by atomic mass is 10.1. The van der Waals surface area contributed by atoms with Gasteiger partial charge in [0.15, 0.2) is 0 Å². The van der Waals surface area contributed by atoms with Gasteiger partial charge in [-0.1, -0.05) is 24.3 Å². The molecule has 0 N–H and O–H groups in total. The number of aldehydes is 1. The molecule has 0 unspecified atom stereocenters. The number of carbonyl (C=O) groups excluding carboxylic acids is 1. The minimum Gasteiger partial charge on any atom is -0.303 e. The van der Waals surface area contributed by atoms with E-state index >= 15 is 0 Å². The molecule has 3 rings (SSSR count). The molecule has 0 bridgehead atoms. The van der Waals surface area contributed by atoms with Crippen LogP contribution in [0.15, 0.2) is 30.3 Å². The number of fused-ring (bicyclic) bond motifs is 3. The topological polar surface area (TPSA) is 17.1 Å². The molecule has 0 saturated heterocycles. The summed E-state index contributed by atoms with van der Waals surface area (Å²) < 4.78 is 29.0. The molecule has 1 aromatic heterocycles. The molecule has 0 spiro atoms. The van der Waals surface area contributed by atoms with Crippen molar-refractivity contribution in [3.05, 3.63) is 47.5 Å². The SMILES string of the molecule is O=CCCc1ccc2c(sc3c(F)cccc32)c1F. The zero-order valence-electron chi connectivity index (χ0n) is 9.95. The van der Waals surface area contributed by atoms with Gasteiger partial charge in [-0.2, -0.15) is 0 Å². The Labute approximate surface area is 112 Å². The summed E-state index contributed by atoms with van der Waals surface area (Å²) in [5, 5.41) is 1.47. The van der Waals surface area contributed by atoms with Gasteiger partial charge in [0.2, 0.25) is 0 Å². The fourth-order valence-corrected chi connectivity index (χ4v) is 3.41. The number of benzene rings is 2. The Morgan fingerprint density at radius 1 is 1.05 bits per heavy atom. The molecule has 3 aromatic rings. The van der Waals surface area contributed by atoms with E-state index in [0.29, 0.717) is 27.8 Å². The molecule has 2 aromatic carbocycles. The zero-order valence-corrected chi connectivity index (χ0v) is 10.8. The molecule has 0 aliphatic heterocycles. The van der Waals surface area contributed by atoms with Crippen molar-refractivity contribution >= 4 is 37.8 Å². The summed E-state index contributed by atoms with van der Waals surface area (Å²) in [4.78, 5) is 10.4. The van der Waals surface area contributed by atoms with Crippen molar-refractivity contribution in [2.45, 2.75) is 12.8 Å². The maximum Gasteiger partial charge on any atom is 0.144 e. The van der Waals surface area contributed by atoms with Gasteiger partial charge in [-0.3, -0.25) is 0 Å². The van der Waals surface area contributed by atoms with Crippen LogP contribution in [0.3, 0.4) is 0 Å². The second-order valence-corrected chi connectivity index (χ2v) is 5.36. The molecule has 0 amide bonds. The molecule has 0 aliphatic carbocycles. The standard InChI is InChI=1S/C15H10F2OS/c16-12-5-1-4-10-11-7-6-9(3-2-8-18)13(17)15(11)19-14(10)12/h1,4-8H,2-3H2. The van der Waals surface area contributed by atoms with Gasteiger partial charge in [0.1, 0.15) is 17.9 Å². The van der Waals surface area contributed by atoms with Crippen LogP contribution in [-0.2, 0) is 11.2 Å². The third-order valence-electron chi connectivity index (χ3n) is 3.17. The van der Waals surface area contributed by atoms with Gasteiger partial charge in [0.25, 0.3) is 0 Å². The minimum absolute atomic E-state index is 0.293. The highest BCUT2D eigenvalue weighted by Crippen LogP contribution is 2.37. The van der Waals surface area contributed by atoms with E-state index in [9.17, 15) is 13.6 Å². The first kappa shape index (κ1) is 12.2. The number of hydrogen-bond acceptors (Lipinski definition) is 2. The molecular formula is C15H10F2OS. The summed E-state index contributed by atoms with van der Waals surface area (Å²) >= 11 is 1.12. The van der Waals surface area contributed by atoms with Crippen molar-refractivity contribution in [2.75, 3.05) is 0 Å². The smallest absolute Gasteiger partial charge is 0.144 e. The van der Waals surface area contributed by atoms with Crippen molar-refractivity contribution in [3.8, 4) is 0 Å². The molecule has 0 fully saturated rings. The van der Waals surface area contributed by atoms with Crippen LogP contribution in [0.5, 0.6) is 0 Å². The van der Waals surface area contributed by atoms with Crippen LogP contribution in [0.1, 0.15) is 12.0 Å². The van der Waals surface area contributed by atoms with E-state index in [-0.39, 0.29) is 11.6 Å². The molecule has 1 heterocycles. The van der Waals surface area contributed by atoms with E-state index in [1.165, 1.54) is 6.07 Å². The highest BCUT2D eigenvalue weighted by molar-refractivity contribution is 7.25. The molecule has 0 saturated carbocycles. The normalized spacial score (nSPS) is 11.3. The highest BCUT2D eigenvalue weighted by Gasteiger charge is 2.14. The summed E-state index contributed by atoms with van der Waals surface area (Å²) in [6.45, 7) is 0. The maximum atomic E-state index is 14.3. The molecular weight excluding hydrogens is 266 g/mol. The van der Waals surface area contributed by atoms with E-state index in [2.05, 4.69) is 0 Å². The van der Waals surface area contributed by atoms with Gasteiger partial charge in [-0.05, 0) is 18.1 Å². The van der Waals surface area contributed by atoms with Crippen molar-refractivity contribution in [1.82, 2.24) is 0 Å². The fourth-order valence-electron chi connectivity index (χ4n) is 2.24. The Morgan fingerprint density at radius 2 is 1.84 bits per heavy atom. The van der Waals surface area contributed by atoms with Gasteiger partial charge in [-0.15, -0.1) is 11.3 Å². The van der Waals surface area contributed by atoms with Crippen LogP contribution in [-0.4, -0.2) is 6.29 Å². The Bertz CT molecular complexity index is 777. The van der Waals surface area contributed by atoms with Crippen molar-refractivity contribution in [1.29, 1.82) is 0 Å². The van der Waals surface area contributed by atoms with E-state index in [4.69, 9.17) is 0 Å². The van der Waals surface area contributed by atoms with Gasteiger partial charge in [-0.25, -0.2) is 8.78 Å². The highest BCUT2D eigenvalue weighted by atomic mass is 32.1. The van der Waals surface area contributed by atoms with Gasteiger partial charge in [0, 0.05) is 17.2 Å². The summed E-state index contributed by atoms with van der Waals surface area (Å²) in [5.41, 5.74) is 0.506. The van der Waals surface area contributed by atoms with Crippen LogP contribution < -0.4 is 0 Å². The van der Waals surface area contributed by atoms with E-state index in [1.807, 2.05) is 0 Å². The number of hydrogen-bond donors (Lipinski definition) is 0. The molecule has 0 atom stereocenters. The van der Waals surface area contributed by atoms with Crippen LogP contribution in [0, 0.1) is 11.6 Å². The fraction of sp³-hybridized carbons (Fsp3) is 0.133. The molecule has 1 nitrogen and oxygen atoms in total. The predicted molar refractivity (Wildman–Crippen MR) is 73.6 cm³/mol. The molecule has 96 valence electrons. The Balaban J connectivity index is 2.28. The first-order valence-electron chi connectivity index (χ1n) is 5.94. The monoisotopic (exact) mass is 276 g/mol. The third-order valence-corrected chi connectivity index (χ3v) is 4.39. The number of aryl methyl sites for hydroxylation is 1. The summed E-state index contributed by atoms with van der Waals surface area (Å²) in [6.07, 6.45) is 1.44. The second-order valence-electron chi connectivity index (χ2n) is 4.34.